The third-order valence-electron chi connectivity index (χ3n) is 4.69. The fourth-order valence-corrected chi connectivity index (χ4v) is 3.18. The number of fused-ring (bicyclic) bond motifs is 1. The van der Waals surface area contributed by atoms with Crippen LogP contribution in [0, 0.1) is 12.7 Å². The van der Waals surface area contributed by atoms with Crippen LogP contribution in [0.25, 0.3) is 11.0 Å². The third-order valence-corrected chi connectivity index (χ3v) is 4.69. The SMILES string of the molecule is Cc1ccc(Cn2c(=O)n(Cc3ccc(F)cc3)c(=O)c3cccnc32)cc1. The maximum absolute atomic E-state index is 13.2. The Morgan fingerprint density at radius 2 is 1.46 bits per heavy atom. The van der Waals surface area contributed by atoms with Crippen LogP contribution in [0.4, 0.5) is 4.39 Å². The lowest BCUT2D eigenvalue weighted by molar-refractivity contribution is 0.618. The van der Waals surface area contributed by atoms with Gasteiger partial charge in [0.15, 0.2) is 0 Å². The van der Waals surface area contributed by atoms with Crippen molar-refractivity contribution in [1.29, 1.82) is 0 Å². The minimum Gasteiger partial charge on any atom is -0.273 e. The second-order valence-corrected chi connectivity index (χ2v) is 6.75. The van der Waals surface area contributed by atoms with Crippen molar-refractivity contribution < 1.29 is 4.39 Å². The van der Waals surface area contributed by atoms with E-state index in [9.17, 15) is 14.0 Å². The first-order valence-electron chi connectivity index (χ1n) is 8.91. The van der Waals surface area contributed by atoms with Gasteiger partial charge in [-0.2, -0.15) is 0 Å². The van der Waals surface area contributed by atoms with Crippen LogP contribution in [-0.4, -0.2) is 14.1 Å². The maximum atomic E-state index is 13.2. The molecule has 0 aliphatic rings. The molecular weight excluding hydrogens is 357 g/mol. The van der Waals surface area contributed by atoms with Crippen LogP contribution in [0.15, 0.2) is 76.4 Å². The highest BCUT2D eigenvalue weighted by atomic mass is 19.1. The summed E-state index contributed by atoms with van der Waals surface area (Å²) in [5.74, 6) is -0.365. The number of pyridine rings is 1. The Hall–Kier alpha value is -3.54. The predicted octanol–water partition coefficient (Wildman–Crippen LogP) is 3.10. The van der Waals surface area contributed by atoms with Gasteiger partial charge in [-0.15, -0.1) is 0 Å². The molecule has 6 heteroatoms. The molecule has 2 heterocycles. The Bertz CT molecular complexity index is 1260. The van der Waals surface area contributed by atoms with Gasteiger partial charge in [0.2, 0.25) is 0 Å². The van der Waals surface area contributed by atoms with Crippen LogP contribution in [0.2, 0.25) is 0 Å². The lowest BCUT2D eigenvalue weighted by Crippen LogP contribution is -2.40. The second-order valence-electron chi connectivity index (χ2n) is 6.75. The van der Waals surface area contributed by atoms with Crippen molar-refractivity contribution in [2.45, 2.75) is 20.0 Å². The van der Waals surface area contributed by atoms with Crippen LogP contribution in [0.5, 0.6) is 0 Å². The molecule has 5 nitrogen and oxygen atoms in total. The summed E-state index contributed by atoms with van der Waals surface area (Å²) in [5.41, 5.74) is 2.24. The number of nitrogens with zero attached hydrogens (tertiary/aromatic N) is 3. The fourth-order valence-electron chi connectivity index (χ4n) is 3.18. The van der Waals surface area contributed by atoms with E-state index in [1.165, 1.54) is 21.3 Å². The normalized spacial score (nSPS) is 11.1. The monoisotopic (exact) mass is 375 g/mol. The molecule has 140 valence electrons. The van der Waals surface area contributed by atoms with Gasteiger partial charge in [-0.1, -0.05) is 42.0 Å². The summed E-state index contributed by atoms with van der Waals surface area (Å²) in [6.07, 6.45) is 1.57. The topological polar surface area (TPSA) is 56.9 Å². The van der Waals surface area contributed by atoms with E-state index in [0.717, 1.165) is 11.1 Å². The van der Waals surface area contributed by atoms with E-state index in [1.807, 2.05) is 31.2 Å². The highest BCUT2D eigenvalue weighted by Gasteiger charge is 2.14. The lowest BCUT2D eigenvalue weighted by atomic mass is 10.1. The molecule has 4 rings (SSSR count). The van der Waals surface area contributed by atoms with Gasteiger partial charge < -0.3 is 0 Å². The zero-order valence-corrected chi connectivity index (χ0v) is 15.3. The summed E-state index contributed by atoms with van der Waals surface area (Å²) in [6.45, 7) is 2.36. The molecule has 0 bridgehead atoms. The Balaban J connectivity index is 1.88. The summed E-state index contributed by atoms with van der Waals surface area (Å²) in [4.78, 5) is 30.3. The minimum absolute atomic E-state index is 0.0661. The zero-order chi connectivity index (χ0) is 19.7. The van der Waals surface area contributed by atoms with Gasteiger partial charge in [-0.25, -0.2) is 14.2 Å². The fraction of sp³-hybridized carbons (Fsp3) is 0.136. The number of benzene rings is 2. The van der Waals surface area contributed by atoms with Gasteiger partial charge >= 0.3 is 5.69 Å². The van der Waals surface area contributed by atoms with E-state index in [1.54, 1.807) is 30.5 Å². The quantitative estimate of drug-likeness (QED) is 0.551. The molecule has 2 aromatic carbocycles. The second kappa shape index (κ2) is 7.23. The lowest BCUT2D eigenvalue weighted by Gasteiger charge is -2.14. The first kappa shape index (κ1) is 17.9. The van der Waals surface area contributed by atoms with Gasteiger partial charge in [-0.05, 0) is 42.3 Å². The Morgan fingerprint density at radius 1 is 0.857 bits per heavy atom. The Labute approximate surface area is 160 Å². The molecule has 0 aliphatic carbocycles. The Morgan fingerprint density at radius 3 is 2.14 bits per heavy atom. The van der Waals surface area contributed by atoms with E-state index < -0.39 is 11.2 Å². The summed E-state index contributed by atoms with van der Waals surface area (Å²) in [6, 6.07) is 17.0. The molecule has 0 saturated heterocycles. The number of hydrogen-bond acceptors (Lipinski definition) is 3. The van der Waals surface area contributed by atoms with Crippen LogP contribution in [0.1, 0.15) is 16.7 Å². The van der Waals surface area contributed by atoms with Crippen molar-refractivity contribution in [3.63, 3.8) is 0 Å². The van der Waals surface area contributed by atoms with Gasteiger partial charge in [0.05, 0.1) is 18.5 Å². The summed E-state index contributed by atoms with van der Waals surface area (Å²) < 4.78 is 15.9. The number of aryl methyl sites for hydroxylation is 1. The van der Waals surface area contributed by atoms with Gasteiger partial charge in [0, 0.05) is 6.20 Å². The third kappa shape index (κ3) is 3.36. The summed E-state index contributed by atoms with van der Waals surface area (Å²) in [7, 11) is 0. The molecular formula is C22H18FN3O2. The van der Waals surface area contributed by atoms with Crippen molar-refractivity contribution in [2.24, 2.45) is 0 Å². The number of hydrogen-bond donors (Lipinski definition) is 0. The minimum atomic E-state index is -0.443. The largest absolute Gasteiger partial charge is 0.333 e. The standard InChI is InChI=1S/C22H18FN3O2/c1-15-4-6-16(7-5-15)13-25-20-19(3-2-12-24-20)21(27)26(22(25)28)14-17-8-10-18(23)11-9-17/h2-12H,13-14H2,1H3. The van der Waals surface area contributed by atoms with E-state index >= 15 is 0 Å². The van der Waals surface area contributed by atoms with E-state index in [2.05, 4.69) is 4.98 Å². The molecule has 0 atom stereocenters. The number of halogens is 1. The molecule has 0 unspecified atom stereocenters. The molecule has 0 saturated carbocycles. The van der Waals surface area contributed by atoms with Crippen molar-refractivity contribution in [3.8, 4) is 0 Å². The molecule has 0 amide bonds. The van der Waals surface area contributed by atoms with Crippen LogP contribution >= 0.6 is 0 Å². The van der Waals surface area contributed by atoms with Gasteiger partial charge in [0.25, 0.3) is 5.56 Å². The highest BCUT2D eigenvalue weighted by Crippen LogP contribution is 2.10. The molecule has 0 fully saturated rings. The average molecular weight is 375 g/mol. The van der Waals surface area contributed by atoms with Gasteiger partial charge in [-0.3, -0.25) is 13.9 Å². The van der Waals surface area contributed by atoms with Crippen LogP contribution < -0.4 is 11.2 Å². The molecule has 0 N–H and O–H groups in total. The number of aromatic nitrogens is 3. The van der Waals surface area contributed by atoms with Crippen LogP contribution in [-0.2, 0) is 13.1 Å². The van der Waals surface area contributed by atoms with Crippen molar-refractivity contribution >= 4 is 11.0 Å². The van der Waals surface area contributed by atoms with Crippen molar-refractivity contribution in [1.82, 2.24) is 14.1 Å². The maximum Gasteiger partial charge on any atom is 0.333 e. The molecule has 0 aliphatic heterocycles. The molecule has 4 aromatic rings. The first-order chi connectivity index (χ1) is 13.5. The van der Waals surface area contributed by atoms with E-state index in [-0.39, 0.29) is 12.4 Å². The molecule has 2 aromatic heterocycles. The molecule has 28 heavy (non-hydrogen) atoms. The van der Waals surface area contributed by atoms with Crippen LogP contribution in [0.3, 0.4) is 0 Å². The molecule has 0 spiro atoms. The van der Waals surface area contributed by atoms with E-state index in [4.69, 9.17) is 0 Å². The average Bonchev–Trinajstić information content (AvgIpc) is 2.71. The Kier molecular flexibility index (Phi) is 4.61. The predicted molar refractivity (Wildman–Crippen MR) is 106 cm³/mol. The zero-order valence-electron chi connectivity index (χ0n) is 15.3. The van der Waals surface area contributed by atoms with E-state index in [0.29, 0.717) is 23.1 Å². The summed E-state index contributed by atoms with van der Waals surface area (Å²) >= 11 is 0. The first-order valence-corrected chi connectivity index (χ1v) is 8.91. The van der Waals surface area contributed by atoms with Crippen molar-refractivity contribution in [2.75, 3.05) is 0 Å². The smallest absolute Gasteiger partial charge is 0.273 e. The van der Waals surface area contributed by atoms with Gasteiger partial charge in [0.1, 0.15) is 11.5 Å². The van der Waals surface area contributed by atoms with Crippen molar-refractivity contribution in [3.05, 3.63) is 110 Å². The highest BCUT2D eigenvalue weighted by molar-refractivity contribution is 5.73. The number of rotatable bonds is 4. The molecule has 0 radical (unpaired) electrons. The summed E-state index contributed by atoms with van der Waals surface area (Å²) in [5, 5.41) is 0.372.